The van der Waals surface area contributed by atoms with Crippen molar-refractivity contribution in [3.05, 3.63) is 80.0 Å². The third kappa shape index (κ3) is 3.55. The lowest BCUT2D eigenvalue weighted by molar-refractivity contribution is -0.384. The van der Waals surface area contributed by atoms with E-state index in [0.717, 1.165) is 11.6 Å². The molecule has 1 amide bonds. The molecule has 1 aromatic heterocycles. The maximum atomic E-state index is 12.9. The van der Waals surface area contributed by atoms with Crippen molar-refractivity contribution in [1.82, 2.24) is 9.78 Å². The van der Waals surface area contributed by atoms with Gasteiger partial charge in [-0.25, -0.2) is 13.1 Å². The molecule has 1 aliphatic rings. The van der Waals surface area contributed by atoms with Crippen LogP contribution in [0.15, 0.2) is 42.5 Å². The van der Waals surface area contributed by atoms with Gasteiger partial charge in [0.2, 0.25) is 0 Å². The number of non-ortho nitro benzene ring substituents is 1. The highest BCUT2D eigenvalue weighted by atomic mass is 35.5. The van der Waals surface area contributed by atoms with Crippen molar-refractivity contribution in [2.24, 2.45) is 0 Å². The van der Waals surface area contributed by atoms with Crippen molar-refractivity contribution in [2.45, 2.75) is 18.4 Å². The van der Waals surface area contributed by atoms with E-state index >= 15 is 0 Å². The normalized spacial score (nSPS) is 14.3. The molecule has 0 unspecified atom stereocenters. The Labute approximate surface area is 176 Å². The molecule has 2 aromatic carbocycles. The first-order chi connectivity index (χ1) is 14.2. The third-order valence-electron chi connectivity index (χ3n) is 4.77. The van der Waals surface area contributed by atoms with Gasteiger partial charge in [-0.2, -0.15) is 5.10 Å². The van der Waals surface area contributed by atoms with Crippen LogP contribution < -0.4 is 5.32 Å². The van der Waals surface area contributed by atoms with Crippen LogP contribution in [0.2, 0.25) is 5.02 Å². The molecule has 0 spiro atoms. The molecule has 0 fully saturated rings. The fourth-order valence-electron chi connectivity index (χ4n) is 3.32. The molecule has 0 bridgehead atoms. The maximum Gasteiger partial charge on any atom is 0.270 e. The van der Waals surface area contributed by atoms with Crippen molar-refractivity contribution in [1.29, 1.82) is 0 Å². The third-order valence-corrected chi connectivity index (χ3v) is 6.54. The number of benzene rings is 2. The Kier molecular flexibility index (Phi) is 4.83. The second-order valence-corrected chi connectivity index (χ2v) is 9.35. The Balaban J connectivity index is 1.81. The molecule has 1 aliphatic heterocycles. The minimum atomic E-state index is -3.36. The average molecular weight is 447 g/mol. The van der Waals surface area contributed by atoms with Crippen LogP contribution in [0, 0.1) is 17.0 Å². The summed E-state index contributed by atoms with van der Waals surface area (Å²) in [6.45, 7) is 1.86. The van der Waals surface area contributed by atoms with Crippen molar-refractivity contribution in [3.8, 4) is 5.69 Å². The maximum absolute atomic E-state index is 12.9. The number of halogens is 1. The number of nitrogens with one attached hydrogen (secondary N) is 1. The number of amides is 1. The first kappa shape index (κ1) is 20.0. The van der Waals surface area contributed by atoms with Gasteiger partial charge in [0.1, 0.15) is 5.82 Å². The number of para-hydroxylation sites is 1. The van der Waals surface area contributed by atoms with Crippen molar-refractivity contribution < 1.29 is 18.1 Å². The van der Waals surface area contributed by atoms with Crippen LogP contribution in [-0.2, 0) is 21.3 Å². The topological polar surface area (TPSA) is 124 Å². The van der Waals surface area contributed by atoms with Crippen LogP contribution in [0.5, 0.6) is 0 Å². The quantitative estimate of drug-likeness (QED) is 0.483. The van der Waals surface area contributed by atoms with Crippen LogP contribution in [0.1, 0.15) is 27.2 Å². The number of anilines is 1. The fourth-order valence-corrected chi connectivity index (χ4v) is 5.02. The van der Waals surface area contributed by atoms with Gasteiger partial charge in [0.05, 0.1) is 38.4 Å². The number of nitrogens with zero attached hydrogens (tertiary/aromatic N) is 3. The number of hydrogen-bond donors (Lipinski definition) is 1. The summed E-state index contributed by atoms with van der Waals surface area (Å²) in [4.78, 5) is 23.4. The van der Waals surface area contributed by atoms with E-state index in [1.165, 1.54) is 16.8 Å². The molecule has 1 N–H and O–H groups in total. The van der Waals surface area contributed by atoms with Crippen molar-refractivity contribution >= 4 is 38.9 Å². The largest absolute Gasteiger partial charge is 0.306 e. The molecule has 30 heavy (non-hydrogen) atoms. The highest BCUT2D eigenvalue weighted by Gasteiger charge is 2.33. The molecule has 3 aromatic rings. The zero-order valence-electron chi connectivity index (χ0n) is 15.6. The van der Waals surface area contributed by atoms with E-state index in [4.69, 9.17) is 11.6 Å². The number of nitro benzene ring substituents is 1. The van der Waals surface area contributed by atoms with Gasteiger partial charge in [-0.05, 0) is 24.6 Å². The molecule has 11 heteroatoms. The van der Waals surface area contributed by atoms with Crippen LogP contribution in [-0.4, -0.2) is 29.0 Å². The number of fused-ring (bicyclic) bond motifs is 1. The highest BCUT2D eigenvalue weighted by molar-refractivity contribution is 7.90. The number of rotatable bonds is 4. The zero-order chi connectivity index (χ0) is 21.6. The van der Waals surface area contributed by atoms with E-state index in [0.29, 0.717) is 16.9 Å². The molecule has 0 radical (unpaired) electrons. The zero-order valence-corrected chi connectivity index (χ0v) is 17.2. The van der Waals surface area contributed by atoms with E-state index in [1.54, 1.807) is 12.1 Å². The van der Waals surface area contributed by atoms with E-state index in [9.17, 15) is 23.3 Å². The van der Waals surface area contributed by atoms with Crippen LogP contribution >= 0.6 is 11.6 Å². The summed E-state index contributed by atoms with van der Waals surface area (Å²) >= 11 is 6.08. The summed E-state index contributed by atoms with van der Waals surface area (Å²) in [7, 11) is -3.36. The molecule has 2 heterocycles. The van der Waals surface area contributed by atoms with Gasteiger partial charge < -0.3 is 5.32 Å². The summed E-state index contributed by atoms with van der Waals surface area (Å²) in [6, 6.07) is 10.8. The van der Waals surface area contributed by atoms with Gasteiger partial charge in [-0.1, -0.05) is 29.8 Å². The van der Waals surface area contributed by atoms with Gasteiger partial charge >= 0.3 is 0 Å². The summed E-state index contributed by atoms with van der Waals surface area (Å²) in [5, 5.41) is 18.2. The summed E-state index contributed by atoms with van der Waals surface area (Å²) in [5.74, 6) is -0.979. The number of nitro groups is 1. The summed E-state index contributed by atoms with van der Waals surface area (Å²) in [6.07, 6.45) is 0. The van der Waals surface area contributed by atoms with E-state index in [-0.39, 0.29) is 33.6 Å². The Hall–Kier alpha value is -3.24. The van der Waals surface area contributed by atoms with Gasteiger partial charge in [0.15, 0.2) is 9.84 Å². The number of sulfone groups is 1. The van der Waals surface area contributed by atoms with E-state index < -0.39 is 20.7 Å². The highest BCUT2D eigenvalue weighted by Crippen LogP contribution is 2.34. The molecule has 0 aliphatic carbocycles. The van der Waals surface area contributed by atoms with Gasteiger partial charge in [-0.15, -0.1) is 0 Å². The predicted molar refractivity (Wildman–Crippen MR) is 111 cm³/mol. The minimum Gasteiger partial charge on any atom is -0.306 e. The molecule has 0 saturated carbocycles. The molecule has 4 rings (SSSR count). The molecule has 0 atom stereocenters. The number of carbonyl (C=O) groups is 1. The van der Waals surface area contributed by atoms with E-state index in [1.807, 2.05) is 19.1 Å². The van der Waals surface area contributed by atoms with Crippen LogP contribution in [0.25, 0.3) is 5.69 Å². The first-order valence-corrected chi connectivity index (χ1v) is 11.0. The summed E-state index contributed by atoms with van der Waals surface area (Å²) < 4.78 is 25.7. The molecular weight excluding hydrogens is 432 g/mol. The molecule has 0 saturated heterocycles. The van der Waals surface area contributed by atoms with Crippen LogP contribution in [0.3, 0.4) is 0 Å². The summed E-state index contributed by atoms with van der Waals surface area (Å²) in [5.41, 5.74) is 1.91. The standard InChI is InChI=1S/C19H15ClN4O5S/c1-11-4-2-3-5-17(11)23-18(14-9-30(28,29)10-16(14)22-23)21-19(25)13-8-12(24(26)27)6-7-15(13)20/h2-8H,9-10H2,1H3,(H,21,25). The number of hydrogen-bond acceptors (Lipinski definition) is 6. The molecular formula is C19H15ClN4O5S. The Morgan fingerprint density at radius 1 is 1.23 bits per heavy atom. The molecule has 154 valence electrons. The SMILES string of the molecule is Cc1ccccc1-n1nc2c(c1NC(=O)c1cc([N+](=O)[O-])ccc1Cl)CS(=O)(=O)C2. The number of carbonyl (C=O) groups excluding carboxylic acids is 1. The van der Waals surface area contributed by atoms with Gasteiger partial charge in [0, 0.05) is 17.7 Å². The van der Waals surface area contributed by atoms with Crippen molar-refractivity contribution in [3.63, 3.8) is 0 Å². The smallest absolute Gasteiger partial charge is 0.270 e. The minimum absolute atomic E-state index is 0.0318. The van der Waals surface area contributed by atoms with Crippen molar-refractivity contribution in [2.75, 3.05) is 5.32 Å². The monoisotopic (exact) mass is 446 g/mol. The molecule has 9 nitrogen and oxygen atoms in total. The van der Waals surface area contributed by atoms with Gasteiger partial charge in [-0.3, -0.25) is 14.9 Å². The lowest BCUT2D eigenvalue weighted by Crippen LogP contribution is -2.18. The number of aryl methyl sites for hydroxylation is 1. The average Bonchev–Trinajstić information content (AvgIpc) is 3.14. The second kappa shape index (κ2) is 7.22. The second-order valence-electron chi connectivity index (χ2n) is 6.88. The first-order valence-electron chi connectivity index (χ1n) is 8.79. The lowest BCUT2D eigenvalue weighted by atomic mass is 10.1. The van der Waals surface area contributed by atoms with Gasteiger partial charge in [0.25, 0.3) is 11.6 Å². The lowest BCUT2D eigenvalue weighted by Gasteiger charge is -2.13. The number of aromatic nitrogens is 2. The van der Waals surface area contributed by atoms with E-state index in [2.05, 4.69) is 10.4 Å². The fraction of sp³-hybridized carbons (Fsp3) is 0.158. The predicted octanol–water partition coefficient (Wildman–Crippen LogP) is 3.42. The van der Waals surface area contributed by atoms with Crippen LogP contribution in [0.4, 0.5) is 11.5 Å². The Bertz CT molecular complexity index is 1320. The Morgan fingerprint density at radius 3 is 2.67 bits per heavy atom. The Morgan fingerprint density at radius 2 is 1.97 bits per heavy atom.